The van der Waals surface area contributed by atoms with E-state index in [9.17, 15) is 23.2 Å². The number of aryl methyl sites for hydroxylation is 1. The molecule has 1 aromatic carbocycles. The van der Waals surface area contributed by atoms with Crippen LogP contribution in [0.3, 0.4) is 0 Å². The highest BCUT2D eigenvalue weighted by Gasteiger charge is 2.32. The maximum Gasteiger partial charge on any atom is 0.416 e. The van der Waals surface area contributed by atoms with E-state index >= 15 is 0 Å². The van der Waals surface area contributed by atoms with Crippen molar-refractivity contribution in [2.24, 2.45) is 13.0 Å². The Morgan fingerprint density at radius 1 is 1.24 bits per heavy atom. The van der Waals surface area contributed by atoms with Gasteiger partial charge in [0.25, 0.3) is 5.56 Å². The molecule has 29 heavy (non-hydrogen) atoms. The molecule has 5 nitrogen and oxygen atoms in total. The Bertz CT molecular complexity index is 1190. The van der Waals surface area contributed by atoms with E-state index in [-0.39, 0.29) is 11.3 Å². The number of benzene rings is 1. The highest BCUT2D eigenvalue weighted by molar-refractivity contribution is 5.91. The Morgan fingerprint density at radius 3 is 2.66 bits per heavy atom. The van der Waals surface area contributed by atoms with E-state index in [1.54, 1.807) is 24.1 Å². The predicted molar refractivity (Wildman–Crippen MR) is 103 cm³/mol. The summed E-state index contributed by atoms with van der Waals surface area (Å²) in [5.74, 6) is 0.336. The predicted octanol–water partition coefficient (Wildman–Crippen LogP) is 4.37. The molecule has 0 aliphatic heterocycles. The fourth-order valence-corrected chi connectivity index (χ4v) is 3.33. The molecule has 1 aliphatic carbocycles. The Kier molecular flexibility index (Phi) is 4.53. The minimum atomic E-state index is -4.47. The number of nitrogens with zero attached hydrogens (tertiary/aromatic N) is 4. The first-order valence-electron chi connectivity index (χ1n) is 9.13. The molecule has 2 aromatic heterocycles. The molecule has 1 aliphatic rings. The molecular weight excluding hydrogens is 381 g/mol. The molecule has 1 fully saturated rings. The van der Waals surface area contributed by atoms with Gasteiger partial charge in [0.15, 0.2) is 0 Å². The van der Waals surface area contributed by atoms with Crippen molar-refractivity contribution in [1.29, 1.82) is 5.26 Å². The van der Waals surface area contributed by atoms with Gasteiger partial charge < -0.3 is 9.47 Å². The zero-order valence-corrected chi connectivity index (χ0v) is 15.6. The van der Waals surface area contributed by atoms with Crippen molar-refractivity contribution in [3.8, 4) is 6.07 Å². The molecule has 0 amide bonds. The molecule has 8 heteroatoms. The fraction of sp³-hybridized carbons (Fsp3) is 0.286. The van der Waals surface area contributed by atoms with Crippen LogP contribution in [0.4, 0.5) is 24.5 Å². The first kappa shape index (κ1) is 19.0. The van der Waals surface area contributed by atoms with Crippen LogP contribution in [0.2, 0.25) is 0 Å². The lowest BCUT2D eigenvalue weighted by Crippen LogP contribution is -2.25. The van der Waals surface area contributed by atoms with Crippen molar-refractivity contribution in [1.82, 2.24) is 9.55 Å². The van der Waals surface area contributed by atoms with Gasteiger partial charge in [0.05, 0.1) is 16.8 Å². The molecule has 0 unspecified atom stereocenters. The number of nitriles is 1. The zero-order valence-electron chi connectivity index (χ0n) is 15.6. The normalized spacial score (nSPS) is 14.0. The first-order chi connectivity index (χ1) is 13.8. The Balaban J connectivity index is 1.95. The van der Waals surface area contributed by atoms with Crippen LogP contribution in [0.25, 0.3) is 11.0 Å². The van der Waals surface area contributed by atoms with Crippen molar-refractivity contribution >= 4 is 22.4 Å². The summed E-state index contributed by atoms with van der Waals surface area (Å²) in [6, 6.07) is 11.5. The largest absolute Gasteiger partial charge is 0.416 e. The van der Waals surface area contributed by atoms with E-state index in [0.29, 0.717) is 34.9 Å². The van der Waals surface area contributed by atoms with E-state index in [1.807, 2.05) is 6.07 Å². The zero-order chi connectivity index (χ0) is 20.8. The lowest BCUT2D eigenvalue weighted by atomic mass is 10.1. The van der Waals surface area contributed by atoms with Crippen molar-refractivity contribution < 1.29 is 13.2 Å². The summed E-state index contributed by atoms with van der Waals surface area (Å²) < 4.78 is 41.2. The Hall–Kier alpha value is -3.34. The van der Waals surface area contributed by atoms with Crippen LogP contribution in [0.1, 0.15) is 24.1 Å². The number of pyridine rings is 2. The monoisotopic (exact) mass is 398 g/mol. The summed E-state index contributed by atoms with van der Waals surface area (Å²) in [4.78, 5) is 18.6. The minimum Gasteiger partial charge on any atom is -0.339 e. The van der Waals surface area contributed by atoms with E-state index in [0.717, 1.165) is 25.0 Å². The average Bonchev–Trinajstić information content (AvgIpc) is 3.52. The maximum absolute atomic E-state index is 13.3. The molecule has 0 spiro atoms. The van der Waals surface area contributed by atoms with E-state index < -0.39 is 11.7 Å². The summed E-state index contributed by atoms with van der Waals surface area (Å²) in [6.07, 6.45) is -2.51. The number of anilines is 2. The van der Waals surface area contributed by atoms with Gasteiger partial charge in [0.2, 0.25) is 0 Å². The van der Waals surface area contributed by atoms with Crippen molar-refractivity contribution in [3.63, 3.8) is 0 Å². The lowest BCUT2D eigenvalue weighted by Gasteiger charge is -2.27. The maximum atomic E-state index is 13.3. The third kappa shape index (κ3) is 3.68. The molecular formula is C21H17F3N4O. The van der Waals surface area contributed by atoms with Gasteiger partial charge in [-0.05, 0) is 49.1 Å². The first-order valence-corrected chi connectivity index (χ1v) is 9.13. The van der Waals surface area contributed by atoms with Crippen LogP contribution in [0.5, 0.6) is 0 Å². The smallest absolute Gasteiger partial charge is 0.339 e. The SMILES string of the molecule is Cn1c(=O)cc(N(CC2CC2)c2cccc(C(F)(F)F)c2)c2nc(C#N)ccc21. The topological polar surface area (TPSA) is 61.9 Å². The second-order valence-corrected chi connectivity index (χ2v) is 7.20. The lowest BCUT2D eigenvalue weighted by molar-refractivity contribution is -0.137. The summed E-state index contributed by atoms with van der Waals surface area (Å²) >= 11 is 0. The van der Waals surface area contributed by atoms with Crippen LogP contribution in [0.15, 0.2) is 47.3 Å². The molecule has 1 saturated carbocycles. The van der Waals surface area contributed by atoms with Gasteiger partial charge in [-0.25, -0.2) is 4.98 Å². The van der Waals surface area contributed by atoms with Crippen LogP contribution < -0.4 is 10.5 Å². The van der Waals surface area contributed by atoms with Crippen molar-refractivity contribution in [2.75, 3.05) is 11.4 Å². The van der Waals surface area contributed by atoms with Crippen LogP contribution in [-0.4, -0.2) is 16.1 Å². The van der Waals surface area contributed by atoms with Gasteiger partial charge in [-0.1, -0.05) is 6.07 Å². The summed E-state index contributed by atoms with van der Waals surface area (Å²) in [5.41, 5.74) is 0.787. The van der Waals surface area contributed by atoms with E-state index in [1.165, 1.54) is 22.8 Å². The molecule has 0 bridgehead atoms. The number of rotatable bonds is 4. The molecule has 2 heterocycles. The van der Waals surface area contributed by atoms with Gasteiger partial charge in [0.1, 0.15) is 17.3 Å². The molecule has 0 saturated heterocycles. The van der Waals surface area contributed by atoms with Crippen LogP contribution in [-0.2, 0) is 13.2 Å². The third-order valence-electron chi connectivity index (χ3n) is 5.10. The van der Waals surface area contributed by atoms with Gasteiger partial charge in [-0.2, -0.15) is 18.4 Å². The number of aromatic nitrogens is 2. The number of hydrogen-bond acceptors (Lipinski definition) is 4. The van der Waals surface area contributed by atoms with Crippen LogP contribution >= 0.6 is 0 Å². The van der Waals surface area contributed by atoms with Crippen molar-refractivity contribution in [3.05, 3.63) is 64.1 Å². The van der Waals surface area contributed by atoms with Crippen LogP contribution in [0, 0.1) is 17.2 Å². The molecule has 3 aromatic rings. The molecule has 148 valence electrons. The number of alkyl halides is 3. The van der Waals surface area contributed by atoms with E-state index in [4.69, 9.17) is 0 Å². The molecule has 0 radical (unpaired) electrons. The second-order valence-electron chi connectivity index (χ2n) is 7.20. The number of hydrogen-bond donors (Lipinski definition) is 0. The quantitative estimate of drug-likeness (QED) is 0.655. The van der Waals surface area contributed by atoms with Gasteiger partial charge >= 0.3 is 6.18 Å². The Morgan fingerprint density at radius 2 is 2.00 bits per heavy atom. The second kappa shape index (κ2) is 6.92. The van der Waals surface area contributed by atoms with E-state index in [2.05, 4.69) is 4.98 Å². The summed E-state index contributed by atoms with van der Waals surface area (Å²) in [6.45, 7) is 0.474. The highest BCUT2D eigenvalue weighted by Crippen LogP contribution is 2.39. The van der Waals surface area contributed by atoms with Gasteiger partial charge in [-0.15, -0.1) is 0 Å². The van der Waals surface area contributed by atoms with Gasteiger partial charge in [0, 0.05) is 25.3 Å². The molecule has 0 atom stereocenters. The Labute approximate surface area is 164 Å². The number of fused-ring (bicyclic) bond motifs is 1. The van der Waals surface area contributed by atoms with Gasteiger partial charge in [-0.3, -0.25) is 4.79 Å². The molecule has 4 rings (SSSR count). The molecule has 0 N–H and O–H groups in total. The average molecular weight is 398 g/mol. The summed E-state index contributed by atoms with van der Waals surface area (Å²) in [7, 11) is 1.59. The standard InChI is InChI=1S/C21H17F3N4O/c1-27-17-8-7-15(11-25)26-20(17)18(10-19(27)29)28(12-13-5-6-13)16-4-2-3-14(9-16)21(22,23)24/h2-4,7-10,13H,5-6,12H2,1H3. The minimum absolute atomic E-state index is 0.174. The highest BCUT2D eigenvalue weighted by atomic mass is 19.4. The number of halogens is 3. The van der Waals surface area contributed by atoms with Crippen molar-refractivity contribution in [2.45, 2.75) is 19.0 Å². The third-order valence-corrected chi connectivity index (χ3v) is 5.10. The fourth-order valence-electron chi connectivity index (χ4n) is 3.33. The summed E-state index contributed by atoms with van der Waals surface area (Å²) in [5, 5.41) is 9.23.